The molecule has 15 heavy (non-hydrogen) atoms. The van der Waals surface area contributed by atoms with Crippen LogP contribution >= 0.6 is 0 Å². The third-order valence-corrected chi connectivity index (χ3v) is 3.80. The summed E-state index contributed by atoms with van der Waals surface area (Å²) in [6, 6.07) is 10.9. The summed E-state index contributed by atoms with van der Waals surface area (Å²) in [4.78, 5) is 3.46. The first-order chi connectivity index (χ1) is 7.10. The lowest BCUT2D eigenvalue weighted by atomic mass is 10.1. The third-order valence-electron chi connectivity index (χ3n) is 3.80. The number of aromatic nitrogens is 1. The smallest absolute Gasteiger partial charge is 0.0456 e. The summed E-state index contributed by atoms with van der Waals surface area (Å²) in [6.07, 6.45) is 0. The van der Waals surface area contributed by atoms with E-state index in [1.807, 2.05) is 0 Å². The average Bonchev–Trinajstić information content (AvgIpc) is 2.61. The lowest BCUT2D eigenvalue weighted by Crippen LogP contribution is -2.06. The van der Waals surface area contributed by atoms with Crippen molar-refractivity contribution in [3.63, 3.8) is 0 Å². The van der Waals surface area contributed by atoms with Gasteiger partial charge in [0.1, 0.15) is 0 Å². The van der Waals surface area contributed by atoms with Crippen molar-refractivity contribution >= 4 is 10.9 Å². The Morgan fingerprint density at radius 2 is 1.93 bits per heavy atom. The molecule has 1 saturated carbocycles. The zero-order chi connectivity index (χ0) is 10.6. The van der Waals surface area contributed by atoms with Crippen LogP contribution in [0.2, 0.25) is 0 Å². The summed E-state index contributed by atoms with van der Waals surface area (Å²) in [7, 11) is 0. The predicted molar refractivity (Wildman–Crippen MR) is 62.8 cm³/mol. The second kappa shape index (κ2) is 2.64. The molecule has 1 fully saturated rings. The maximum Gasteiger partial charge on any atom is 0.0456 e. The van der Waals surface area contributed by atoms with E-state index in [9.17, 15) is 0 Å². The number of hydrogen-bond acceptors (Lipinski definition) is 1. The van der Waals surface area contributed by atoms with Gasteiger partial charge < -0.3 is 10.7 Å². The van der Waals surface area contributed by atoms with Gasteiger partial charge in [-0.15, -0.1) is 0 Å². The molecule has 0 unspecified atom stereocenters. The number of nitrogens with two attached hydrogens (primary N) is 1. The van der Waals surface area contributed by atoms with Crippen LogP contribution in [-0.2, 0) is 0 Å². The highest BCUT2D eigenvalue weighted by molar-refractivity contribution is 5.80. The molecule has 78 valence electrons. The molecule has 0 spiro atoms. The summed E-state index contributed by atoms with van der Waals surface area (Å²) in [6.45, 7) is 4.46. The van der Waals surface area contributed by atoms with Crippen LogP contribution < -0.4 is 5.73 Å². The van der Waals surface area contributed by atoms with Crippen LogP contribution in [0.15, 0.2) is 30.3 Å². The van der Waals surface area contributed by atoms with Crippen LogP contribution in [0.1, 0.15) is 25.5 Å². The topological polar surface area (TPSA) is 41.8 Å². The number of H-pyrrole nitrogens is 1. The van der Waals surface area contributed by atoms with E-state index in [2.05, 4.69) is 49.2 Å². The van der Waals surface area contributed by atoms with Gasteiger partial charge in [0, 0.05) is 23.2 Å². The van der Waals surface area contributed by atoms with Crippen molar-refractivity contribution in [1.82, 2.24) is 4.98 Å². The summed E-state index contributed by atoms with van der Waals surface area (Å²) < 4.78 is 0. The van der Waals surface area contributed by atoms with Crippen LogP contribution in [0.4, 0.5) is 0 Å². The fourth-order valence-corrected chi connectivity index (χ4v) is 2.54. The summed E-state index contributed by atoms with van der Waals surface area (Å²) >= 11 is 0. The molecule has 2 nitrogen and oxygen atoms in total. The number of benzene rings is 1. The van der Waals surface area contributed by atoms with Crippen LogP contribution in [0.25, 0.3) is 10.9 Å². The Morgan fingerprint density at radius 1 is 1.27 bits per heavy atom. The molecule has 0 radical (unpaired) electrons. The second-order valence-electron chi connectivity index (χ2n) is 5.14. The number of nitrogens with one attached hydrogen (secondary N) is 1. The zero-order valence-corrected chi connectivity index (χ0v) is 9.12. The normalized spacial score (nSPS) is 28.2. The van der Waals surface area contributed by atoms with Crippen LogP contribution in [0, 0.1) is 5.41 Å². The van der Waals surface area contributed by atoms with Gasteiger partial charge in [0.15, 0.2) is 0 Å². The monoisotopic (exact) mass is 200 g/mol. The molecular formula is C13H16N2. The van der Waals surface area contributed by atoms with E-state index in [0.717, 1.165) is 0 Å². The number of para-hydroxylation sites is 1. The van der Waals surface area contributed by atoms with Crippen molar-refractivity contribution in [2.75, 3.05) is 0 Å². The molecule has 2 aromatic rings. The number of hydrogen-bond donors (Lipinski definition) is 2. The van der Waals surface area contributed by atoms with Crippen molar-refractivity contribution in [1.29, 1.82) is 0 Å². The Balaban J connectivity index is 2.07. The molecule has 0 saturated heterocycles. The van der Waals surface area contributed by atoms with Gasteiger partial charge >= 0.3 is 0 Å². The highest BCUT2D eigenvalue weighted by Gasteiger charge is 2.56. The van der Waals surface area contributed by atoms with E-state index >= 15 is 0 Å². The average molecular weight is 200 g/mol. The molecule has 1 aliphatic rings. The number of rotatable bonds is 1. The third kappa shape index (κ3) is 1.15. The van der Waals surface area contributed by atoms with E-state index in [1.54, 1.807) is 0 Å². The lowest BCUT2D eigenvalue weighted by Gasteiger charge is -1.98. The quantitative estimate of drug-likeness (QED) is 0.730. The Morgan fingerprint density at radius 3 is 2.53 bits per heavy atom. The van der Waals surface area contributed by atoms with Crippen molar-refractivity contribution in [3.8, 4) is 0 Å². The SMILES string of the molecule is CC1(C)[C@H](N)[C@H]1c1cc2ccccc2[nH]1. The summed E-state index contributed by atoms with van der Waals surface area (Å²) in [5.41, 5.74) is 8.83. The number of aromatic amines is 1. The van der Waals surface area contributed by atoms with Crippen LogP contribution in [0.3, 0.4) is 0 Å². The van der Waals surface area contributed by atoms with Crippen molar-refractivity contribution in [2.24, 2.45) is 11.1 Å². The lowest BCUT2D eigenvalue weighted by molar-refractivity contribution is 0.596. The van der Waals surface area contributed by atoms with Crippen molar-refractivity contribution in [2.45, 2.75) is 25.8 Å². The van der Waals surface area contributed by atoms with E-state index in [0.29, 0.717) is 12.0 Å². The molecule has 0 bridgehead atoms. The zero-order valence-electron chi connectivity index (χ0n) is 9.12. The van der Waals surface area contributed by atoms with Gasteiger partial charge in [-0.05, 0) is 22.9 Å². The summed E-state index contributed by atoms with van der Waals surface area (Å²) in [5.74, 6) is 0.491. The minimum Gasteiger partial charge on any atom is -0.358 e. The first kappa shape index (κ1) is 8.98. The van der Waals surface area contributed by atoms with Crippen LogP contribution in [-0.4, -0.2) is 11.0 Å². The number of fused-ring (bicyclic) bond motifs is 1. The first-order valence-electron chi connectivity index (χ1n) is 5.44. The Kier molecular flexibility index (Phi) is 1.58. The predicted octanol–water partition coefficient (Wildman–Crippen LogP) is 2.62. The maximum atomic E-state index is 6.08. The van der Waals surface area contributed by atoms with Gasteiger partial charge in [0.25, 0.3) is 0 Å². The molecule has 3 N–H and O–H groups in total. The largest absolute Gasteiger partial charge is 0.358 e. The Bertz CT molecular complexity index is 477. The molecule has 1 heterocycles. The highest BCUT2D eigenvalue weighted by Crippen LogP contribution is 2.57. The van der Waals surface area contributed by atoms with Gasteiger partial charge in [0.05, 0.1) is 0 Å². The summed E-state index contributed by atoms with van der Waals surface area (Å²) in [5, 5.41) is 1.28. The molecule has 0 aliphatic heterocycles. The van der Waals surface area contributed by atoms with E-state index in [-0.39, 0.29) is 5.41 Å². The molecular weight excluding hydrogens is 184 g/mol. The van der Waals surface area contributed by atoms with Gasteiger partial charge in [0.2, 0.25) is 0 Å². The van der Waals surface area contributed by atoms with Crippen molar-refractivity contribution in [3.05, 3.63) is 36.0 Å². The standard InChI is InChI=1S/C13H16N2/c1-13(2)11(12(13)14)10-7-8-5-3-4-6-9(8)15-10/h3-7,11-12,15H,14H2,1-2H3/t11-,12-/m1/s1. The second-order valence-corrected chi connectivity index (χ2v) is 5.14. The fourth-order valence-electron chi connectivity index (χ4n) is 2.54. The fraction of sp³-hybridized carbons (Fsp3) is 0.385. The van der Waals surface area contributed by atoms with E-state index < -0.39 is 0 Å². The van der Waals surface area contributed by atoms with Gasteiger partial charge in [-0.2, -0.15) is 0 Å². The molecule has 2 atom stereocenters. The Labute approximate surface area is 89.5 Å². The maximum absolute atomic E-state index is 6.08. The Hall–Kier alpha value is -1.28. The van der Waals surface area contributed by atoms with Gasteiger partial charge in [-0.3, -0.25) is 0 Å². The first-order valence-corrected chi connectivity index (χ1v) is 5.44. The molecule has 3 rings (SSSR count). The van der Waals surface area contributed by atoms with E-state index in [4.69, 9.17) is 5.73 Å². The molecule has 1 aromatic heterocycles. The molecule has 2 heteroatoms. The minimum absolute atomic E-state index is 0.251. The molecule has 1 aromatic carbocycles. The highest BCUT2D eigenvalue weighted by atomic mass is 14.9. The van der Waals surface area contributed by atoms with Gasteiger partial charge in [-0.25, -0.2) is 0 Å². The van der Waals surface area contributed by atoms with E-state index in [1.165, 1.54) is 16.6 Å². The van der Waals surface area contributed by atoms with Crippen LogP contribution in [0.5, 0.6) is 0 Å². The molecule has 1 aliphatic carbocycles. The minimum atomic E-state index is 0.251. The molecule has 0 amide bonds. The van der Waals surface area contributed by atoms with Gasteiger partial charge in [-0.1, -0.05) is 32.0 Å². The van der Waals surface area contributed by atoms with Crippen molar-refractivity contribution < 1.29 is 0 Å².